The molecule has 3 rings (SSSR count). The molecule has 2 heterocycles. The third-order valence-electron chi connectivity index (χ3n) is 2.74. The SMILES string of the molecule is Nc1ccc2nc(N3CC(=O)NC(=O)C3)[nH]c2c1. The number of imidazole rings is 1. The summed E-state index contributed by atoms with van der Waals surface area (Å²) in [4.78, 5) is 31.6. The Morgan fingerprint density at radius 2 is 1.94 bits per heavy atom. The first-order chi connectivity index (χ1) is 8.61. The summed E-state index contributed by atoms with van der Waals surface area (Å²) in [6, 6.07) is 5.30. The predicted octanol–water partition coefficient (Wildman–Crippen LogP) is -0.392. The van der Waals surface area contributed by atoms with Crippen LogP contribution in [0.25, 0.3) is 11.0 Å². The number of nitrogens with one attached hydrogen (secondary N) is 2. The van der Waals surface area contributed by atoms with Crippen molar-refractivity contribution in [3.63, 3.8) is 0 Å². The van der Waals surface area contributed by atoms with Crippen molar-refractivity contribution in [3.8, 4) is 0 Å². The lowest BCUT2D eigenvalue weighted by atomic mass is 10.3. The van der Waals surface area contributed by atoms with Gasteiger partial charge in [0.25, 0.3) is 0 Å². The predicted molar refractivity (Wildman–Crippen MR) is 65.9 cm³/mol. The molecular weight excluding hydrogens is 234 g/mol. The Morgan fingerprint density at radius 3 is 2.67 bits per heavy atom. The molecule has 92 valence electrons. The molecule has 1 fully saturated rings. The Morgan fingerprint density at radius 1 is 1.22 bits per heavy atom. The van der Waals surface area contributed by atoms with Crippen LogP contribution in [0.2, 0.25) is 0 Å². The van der Waals surface area contributed by atoms with Crippen molar-refractivity contribution in [2.24, 2.45) is 0 Å². The number of amides is 2. The van der Waals surface area contributed by atoms with Crippen molar-refractivity contribution < 1.29 is 9.59 Å². The number of hydrogen-bond acceptors (Lipinski definition) is 5. The summed E-state index contributed by atoms with van der Waals surface area (Å²) in [6.07, 6.45) is 0. The molecule has 1 aliphatic rings. The van der Waals surface area contributed by atoms with Gasteiger partial charge in [-0.1, -0.05) is 0 Å². The first-order valence-corrected chi connectivity index (χ1v) is 5.45. The fourth-order valence-electron chi connectivity index (χ4n) is 1.95. The van der Waals surface area contributed by atoms with Crippen molar-refractivity contribution in [1.82, 2.24) is 15.3 Å². The van der Waals surface area contributed by atoms with Crippen molar-refractivity contribution >= 4 is 34.5 Å². The molecule has 2 aromatic rings. The molecule has 1 aliphatic heterocycles. The quantitative estimate of drug-likeness (QED) is 0.469. The van der Waals surface area contributed by atoms with Gasteiger partial charge in [0.1, 0.15) is 13.1 Å². The molecule has 1 aromatic heterocycles. The van der Waals surface area contributed by atoms with Gasteiger partial charge in [-0.15, -0.1) is 0 Å². The number of hydrogen-bond donors (Lipinski definition) is 3. The Hall–Kier alpha value is -2.57. The molecule has 7 heteroatoms. The fourth-order valence-corrected chi connectivity index (χ4v) is 1.95. The topological polar surface area (TPSA) is 104 Å². The number of imide groups is 1. The number of aromatic nitrogens is 2. The zero-order valence-corrected chi connectivity index (χ0v) is 9.43. The molecule has 2 amide bonds. The number of benzene rings is 1. The molecule has 1 saturated heterocycles. The molecule has 0 saturated carbocycles. The number of piperazine rings is 1. The van der Waals surface area contributed by atoms with Crippen LogP contribution in [0, 0.1) is 0 Å². The van der Waals surface area contributed by atoms with E-state index in [0.717, 1.165) is 11.0 Å². The zero-order chi connectivity index (χ0) is 12.7. The summed E-state index contributed by atoms with van der Waals surface area (Å²) >= 11 is 0. The standard InChI is InChI=1S/C11H11N5O2/c12-6-1-2-7-8(3-6)14-11(13-7)16-4-9(17)15-10(18)5-16/h1-3H,4-5,12H2,(H,13,14)(H,15,17,18). The summed E-state index contributed by atoms with van der Waals surface area (Å²) in [5.74, 6) is -0.156. The monoisotopic (exact) mass is 245 g/mol. The summed E-state index contributed by atoms with van der Waals surface area (Å²) < 4.78 is 0. The van der Waals surface area contributed by atoms with E-state index in [1.165, 1.54) is 0 Å². The van der Waals surface area contributed by atoms with E-state index in [1.807, 2.05) is 0 Å². The number of carbonyl (C=O) groups is 2. The second-order valence-corrected chi connectivity index (χ2v) is 4.16. The molecule has 0 bridgehead atoms. The smallest absolute Gasteiger partial charge is 0.246 e. The van der Waals surface area contributed by atoms with Gasteiger partial charge in [-0.05, 0) is 18.2 Å². The number of aromatic amines is 1. The minimum Gasteiger partial charge on any atom is -0.399 e. The lowest BCUT2D eigenvalue weighted by Crippen LogP contribution is -2.51. The van der Waals surface area contributed by atoms with E-state index in [1.54, 1.807) is 23.1 Å². The van der Waals surface area contributed by atoms with Gasteiger partial charge in [0.2, 0.25) is 17.8 Å². The van der Waals surface area contributed by atoms with E-state index >= 15 is 0 Å². The van der Waals surface area contributed by atoms with Gasteiger partial charge in [0, 0.05) is 5.69 Å². The molecule has 18 heavy (non-hydrogen) atoms. The van der Waals surface area contributed by atoms with Gasteiger partial charge in [-0.2, -0.15) is 0 Å². The highest BCUT2D eigenvalue weighted by atomic mass is 16.2. The zero-order valence-electron chi connectivity index (χ0n) is 9.43. The van der Waals surface area contributed by atoms with Crippen LogP contribution in [-0.2, 0) is 9.59 Å². The Balaban J connectivity index is 1.98. The number of nitrogens with two attached hydrogens (primary N) is 1. The van der Waals surface area contributed by atoms with E-state index in [9.17, 15) is 9.59 Å². The summed E-state index contributed by atoms with van der Waals surface area (Å²) in [5.41, 5.74) is 7.83. The molecule has 4 N–H and O–H groups in total. The second-order valence-electron chi connectivity index (χ2n) is 4.16. The van der Waals surface area contributed by atoms with Crippen molar-refractivity contribution in [3.05, 3.63) is 18.2 Å². The molecular formula is C11H11N5O2. The number of nitrogen functional groups attached to an aromatic ring is 1. The van der Waals surface area contributed by atoms with E-state index < -0.39 is 0 Å². The van der Waals surface area contributed by atoms with E-state index in [0.29, 0.717) is 11.6 Å². The number of carbonyl (C=O) groups excluding carboxylic acids is 2. The van der Waals surface area contributed by atoms with Crippen molar-refractivity contribution in [2.45, 2.75) is 0 Å². The van der Waals surface area contributed by atoms with Gasteiger partial charge in [-0.25, -0.2) is 4.98 Å². The van der Waals surface area contributed by atoms with Crippen LogP contribution in [0.15, 0.2) is 18.2 Å². The lowest BCUT2D eigenvalue weighted by Gasteiger charge is -2.24. The van der Waals surface area contributed by atoms with Gasteiger partial charge >= 0.3 is 0 Å². The summed E-state index contributed by atoms with van der Waals surface area (Å²) in [5, 5.41) is 2.24. The average Bonchev–Trinajstić information content (AvgIpc) is 2.70. The van der Waals surface area contributed by atoms with E-state index in [-0.39, 0.29) is 24.9 Å². The normalized spacial score (nSPS) is 16.1. The third-order valence-corrected chi connectivity index (χ3v) is 2.74. The number of fused-ring (bicyclic) bond motifs is 1. The highest BCUT2D eigenvalue weighted by Gasteiger charge is 2.24. The highest BCUT2D eigenvalue weighted by Crippen LogP contribution is 2.19. The molecule has 7 nitrogen and oxygen atoms in total. The van der Waals surface area contributed by atoms with Crippen LogP contribution in [0.4, 0.5) is 11.6 Å². The molecule has 0 radical (unpaired) electrons. The largest absolute Gasteiger partial charge is 0.399 e. The fraction of sp³-hybridized carbons (Fsp3) is 0.182. The third kappa shape index (κ3) is 1.75. The maximum atomic E-state index is 11.3. The van der Waals surface area contributed by atoms with Gasteiger partial charge < -0.3 is 15.6 Å². The number of nitrogens with zero attached hydrogens (tertiary/aromatic N) is 2. The summed E-state index contributed by atoms with van der Waals surface area (Å²) in [7, 11) is 0. The number of rotatable bonds is 1. The first-order valence-electron chi connectivity index (χ1n) is 5.45. The van der Waals surface area contributed by atoms with Gasteiger partial charge in [0.05, 0.1) is 11.0 Å². The van der Waals surface area contributed by atoms with E-state index in [4.69, 9.17) is 5.73 Å². The van der Waals surface area contributed by atoms with E-state index in [2.05, 4.69) is 15.3 Å². The molecule has 0 aliphatic carbocycles. The average molecular weight is 245 g/mol. The second kappa shape index (κ2) is 3.73. The van der Waals surface area contributed by atoms with Crippen LogP contribution in [0.3, 0.4) is 0 Å². The van der Waals surface area contributed by atoms with Crippen molar-refractivity contribution in [2.75, 3.05) is 23.7 Å². The first kappa shape index (κ1) is 10.6. The summed E-state index contributed by atoms with van der Waals surface area (Å²) in [6.45, 7) is 0.224. The molecule has 0 atom stereocenters. The lowest BCUT2D eigenvalue weighted by molar-refractivity contribution is -0.130. The van der Waals surface area contributed by atoms with Crippen LogP contribution in [0.5, 0.6) is 0 Å². The number of anilines is 2. The highest BCUT2D eigenvalue weighted by molar-refractivity contribution is 6.02. The minimum atomic E-state index is -0.328. The molecule has 0 spiro atoms. The van der Waals surface area contributed by atoms with Crippen molar-refractivity contribution in [1.29, 1.82) is 0 Å². The van der Waals surface area contributed by atoms with Crippen LogP contribution >= 0.6 is 0 Å². The maximum Gasteiger partial charge on any atom is 0.246 e. The van der Waals surface area contributed by atoms with Crippen LogP contribution in [0.1, 0.15) is 0 Å². The maximum absolute atomic E-state index is 11.3. The Kier molecular flexibility index (Phi) is 2.19. The minimum absolute atomic E-state index is 0.112. The van der Waals surface area contributed by atoms with Gasteiger partial charge in [-0.3, -0.25) is 14.9 Å². The van der Waals surface area contributed by atoms with Gasteiger partial charge in [0.15, 0.2) is 0 Å². The Labute approximate surface area is 102 Å². The van der Waals surface area contributed by atoms with Crippen LogP contribution in [-0.4, -0.2) is 34.9 Å². The molecule has 1 aromatic carbocycles. The number of H-pyrrole nitrogens is 1. The molecule has 0 unspecified atom stereocenters. The Bertz CT molecular complexity index is 632. The van der Waals surface area contributed by atoms with Crippen LogP contribution < -0.4 is 16.0 Å².